The number of nitrogens with one attached hydrogen (secondary N) is 1. The fourth-order valence-electron chi connectivity index (χ4n) is 8.84. The minimum Gasteiger partial charge on any atom is -0.491 e. The van der Waals surface area contributed by atoms with Crippen molar-refractivity contribution in [1.82, 2.24) is 53.4 Å². The summed E-state index contributed by atoms with van der Waals surface area (Å²) in [5, 5.41) is 21.7. The highest BCUT2D eigenvalue weighted by Crippen LogP contribution is 2.33. The number of hydrogen-bond donors (Lipinski definition) is 5. The van der Waals surface area contributed by atoms with E-state index in [0.717, 1.165) is 33.4 Å². The lowest BCUT2D eigenvalue weighted by atomic mass is 10.1. The number of likely N-dealkylation sites (tertiary alicyclic amines) is 1. The molecule has 6 aromatic heterocycles. The number of aromatic nitrogens is 9. The number of fused-ring (bicyclic) bond motifs is 4. The van der Waals surface area contributed by atoms with Gasteiger partial charge in [-0.25, -0.2) is 15.0 Å². The number of ether oxygens (including phenoxy) is 1. The fourth-order valence-corrected chi connectivity index (χ4v) is 9.96. The van der Waals surface area contributed by atoms with E-state index in [2.05, 4.69) is 20.5 Å². The number of hydrogen-bond acceptors (Lipinski definition) is 15. The van der Waals surface area contributed by atoms with E-state index >= 15 is 0 Å². The van der Waals surface area contributed by atoms with Gasteiger partial charge in [0, 0.05) is 87.4 Å². The lowest BCUT2D eigenvalue weighted by Crippen LogP contribution is -2.37. The van der Waals surface area contributed by atoms with E-state index in [4.69, 9.17) is 37.0 Å². The monoisotopic (exact) mass is 1040 g/mol. The van der Waals surface area contributed by atoms with Gasteiger partial charge in [0.1, 0.15) is 34.3 Å². The molecule has 2 atom stereocenters. The first kappa shape index (κ1) is 52.9. The van der Waals surface area contributed by atoms with Crippen molar-refractivity contribution in [2.45, 2.75) is 84.4 Å². The van der Waals surface area contributed by atoms with Crippen LogP contribution in [0, 0.1) is 13.8 Å². The molecule has 0 saturated carbocycles. The van der Waals surface area contributed by atoms with Crippen molar-refractivity contribution >= 4 is 92.2 Å². The molecule has 25 heteroatoms. The minimum absolute atomic E-state index is 0.0445. The zero-order valence-corrected chi connectivity index (χ0v) is 42.8. The van der Waals surface area contributed by atoms with Gasteiger partial charge in [-0.3, -0.25) is 53.1 Å². The number of carboxylic acid groups (broad SMARTS) is 1. The molecule has 6 amide bonds. The van der Waals surface area contributed by atoms with Crippen LogP contribution in [0.3, 0.4) is 0 Å². The molecule has 2 unspecified atom stereocenters. The highest BCUT2D eigenvalue weighted by molar-refractivity contribution is 8.00. The molecule has 0 spiro atoms. The van der Waals surface area contributed by atoms with Crippen LogP contribution in [0.15, 0.2) is 60.8 Å². The second kappa shape index (κ2) is 22.3. The second-order valence-electron chi connectivity index (χ2n) is 17.9. The van der Waals surface area contributed by atoms with E-state index in [1.807, 2.05) is 60.4 Å². The van der Waals surface area contributed by atoms with Gasteiger partial charge in [0.15, 0.2) is 0 Å². The van der Waals surface area contributed by atoms with Gasteiger partial charge < -0.3 is 41.1 Å². The maximum absolute atomic E-state index is 13.9. The molecular formula is C50H57N15O9S. The van der Waals surface area contributed by atoms with Crippen molar-refractivity contribution in [3.05, 3.63) is 89.0 Å². The van der Waals surface area contributed by atoms with Crippen LogP contribution in [0.5, 0.6) is 5.75 Å². The van der Waals surface area contributed by atoms with E-state index < -0.39 is 46.8 Å². The Labute approximate surface area is 433 Å². The third-order valence-electron chi connectivity index (χ3n) is 12.7. The summed E-state index contributed by atoms with van der Waals surface area (Å²) in [6, 6.07) is 11.0. The van der Waals surface area contributed by atoms with Crippen molar-refractivity contribution in [3.8, 4) is 17.1 Å². The van der Waals surface area contributed by atoms with Crippen molar-refractivity contribution in [3.63, 3.8) is 0 Å². The third kappa shape index (κ3) is 11.2. The number of pyridine rings is 2. The van der Waals surface area contributed by atoms with E-state index in [1.165, 1.54) is 23.2 Å². The zero-order chi connectivity index (χ0) is 53.8. The van der Waals surface area contributed by atoms with Crippen LogP contribution in [-0.2, 0) is 45.4 Å². The molecule has 8 rings (SSSR count). The predicted molar refractivity (Wildman–Crippen MR) is 279 cm³/mol. The van der Waals surface area contributed by atoms with Crippen LogP contribution in [0.25, 0.3) is 44.5 Å². The number of imide groups is 1. The number of anilines is 1. The van der Waals surface area contributed by atoms with Crippen molar-refractivity contribution < 1.29 is 43.4 Å². The first-order valence-corrected chi connectivity index (χ1v) is 25.2. The largest absolute Gasteiger partial charge is 0.491 e. The highest BCUT2D eigenvalue weighted by Gasteiger charge is 2.39. The Bertz CT molecular complexity index is 3450. The topological polar surface area (TPSA) is 330 Å². The normalized spacial score (nSPS) is 14.2. The van der Waals surface area contributed by atoms with Crippen molar-refractivity contribution in [1.29, 1.82) is 0 Å². The van der Waals surface area contributed by atoms with Crippen molar-refractivity contribution in [2.24, 2.45) is 17.2 Å². The van der Waals surface area contributed by atoms with Crippen LogP contribution in [0.4, 0.5) is 5.95 Å². The summed E-state index contributed by atoms with van der Waals surface area (Å²) in [5.74, 6) is -4.00. The molecule has 75 heavy (non-hydrogen) atoms. The van der Waals surface area contributed by atoms with E-state index in [0.29, 0.717) is 64.3 Å². The number of nitrogens with zero attached hydrogens (tertiary/aromatic N) is 11. The molecule has 1 fully saturated rings. The molecule has 392 valence electrons. The number of aryl methyl sites for hydroxylation is 4. The molecule has 7 heterocycles. The molecular weight excluding hydrogens is 987 g/mol. The molecule has 1 aromatic carbocycles. The molecule has 24 nitrogen and oxygen atoms in total. The fraction of sp³-hybridized carbons (Fsp3) is 0.360. The third-order valence-corrected chi connectivity index (χ3v) is 14.0. The Morgan fingerprint density at radius 3 is 2.32 bits per heavy atom. The number of allylic oxidation sites excluding steroid dienone is 2. The lowest BCUT2D eigenvalue weighted by Gasteiger charge is -2.20. The Morgan fingerprint density at radius 1 is 0.907 bits per heavy atom. The zero-order valence-electron chi connectivity index (χ0n) is 42.0. The van der Waals surface area contributed by atoms with Crippen LogP contribution < -0.4 is 27.3 Å². The van der Waals surface area contributed by atoms with Gasteiger partial charge in [0.2, 0.25) is 35.5 Å². The van der Waals surface area contributed by atoms with Gasteiger partial charge in [0.05, 0.1) is 45.7 Å². The second-order valence-corrected chi connectivity index (χ2v) is 19.1. The van der Waals surface area contributed by atoms with Crippen LogP contribution in [0.2, 0.25) is 0 Å². The summed E-state index contributed by atoms with van der Waals surface area (Å²) >= 11 is 1.00. The van der Waals surface area contributed by atoms with Gasteiger partial charge in [-0.15, -0.1) is 11.8 Å². The average molecular weight is 1040 g/mol. The van der Waals surface area contributed by atoms with E-state index in [9.17, 15) is 33.6 Å². The summed E-state index contributed by atoms with van der Waals surface area (Å²) < 4.78 is 13.5. The molecule has 1 aliphatic rings. The molecule has 8 N–H and O–H groups in total. The Kier molecular flexibility index (Phi) is 15.8. The van der Waals surface area contributed by atoms with Crippen LogP contribution >= 0.6 is 11.8 Å². The quantitative estimate of drug-likeness (QED) is 0.0349. The summed E-state index contributed by atoms with van der Waals surface area (Å²) in [5.41, 5.74) is 22.6. The highest BCUT2D eigenvalue weighted by atomic mass is 32.2. The first-order valence-electron chi connectivity index (χ1n) is 24.2. The van der Waals surface area contributed by atoms with Crippen LogP contribution in [0.1, 0.15) is 75.7 Å². The number of carbonyl (C=O) groups is 7. The number of nitrogens with two attached hydrogens (primary N) is 3. The van der Waals surface area contributed by atoms with Gasteiger partial charge in [-0.2, -0.15) is 10.2 Å². The number of benzene rings is 1. The number of carboxylic acids is 1. The molecule has 1 aliphatic heterocycles. The van der Waals surface area contributed by atoms with E-state index in [-0.39, 0.29) is 80.1 Å². The smallest absolute Gasteiger partial charge is 0.321 e. The van der Waals surface area contributed by atoms with Gasteiger partial charge in [-0.1, -0.05) is 12.2 Å². The lowest BCUT2D eigenvalue weighted by molar-refractivity contribution is -0.140. The Hall–Kier alpha value is -8.45. The number of amides is 6. The Morgan fingerprint density at radius 2 is 1.61 bits per heavy atom. The predicted octanol–water partition coefficient (Wildman–Crippen LogP) is 3.25. The molecule has 0 radical (unpaired) electrons. The SMILES string of the molecule is CCn1nc(C)cc1C(=O)Nc1nc2cc(C(N)=O)cc(OCCCN(C)C(=O)CCN3C(=O)CC(SCC(N)C(=O)O)C3=O)c2n1C/C=C/Cn1c2ncc(C(N)=O)cc2c2ccc(-c3cc(C)nn3CC)nc21. The number of carbonyl (C=O) groups excluding carboxylic acids is 6. The summed E-state index contributed by atoms with van der Waals surface area (Å²) in [6.07, 6.45) is 5.28. The first-order chi connectivity index (χ1) is 35.9. The average Bonchev–Trinajstić information content (AvgIpc) is 4.20. The standard InChI is InChI=1S/C50H57N15O9S/c1-6-64-36(19-27(3)58-64)34-12-11-31-32-21-30(44(53)69)25-54-45(32)63(46(31)55-34)16-9-8-15-62-42-35(56-50(62)57-47(70)37-20-28(4)59-65(37)7-2)22-29(43(52)68)23-38(42)74-18-10-14-60(5)40(66)13-17-61-41(67)24-39(48(61)71)75-26-33(51)49(72)73/h8-9,11-12,19-23,25,33,39H,6-7,10,13-18,24,26,51H2,1-5H3,(H2,52,68)(H2,53,69)(H,72,73)(H,56,57,70)/b9-8+. The van der Waals surface area contributed by atoms with Crippen LogP contribution in [-0.4, -0.2) is 144 Å². The summed E-state index contributed by atoms with van der Waals surface area (Å²) in [4.78, 5) is 106. The number of aliphatic carboxylic acids is 1. The van der Waals surface area contributed by atoms with Crippen molar-refractivity contribution in [2.75, 3.05) is 37.8 Å². The summed E-state index contributed by atoms with van der Waals surface area (Å²) in [6.45, 7) is 9.18. The molecule has 1 saturated heterocycles. The minimum atomic E-state index is -1.21. The number of rotatable bonds is 23. The maximum atomic E-state index is 13.9. The number of primary amides is 2. The van der Waals surface area contributed by atoms with Gasteiger partial charge in [-0.05, 0) is 76.6 Å². The van der Waals surface area contributed by atoms with Gasteiger partial charge in [0.25, 0.3) is 5.91 Å². The molecule has 0 aliphatic carbocycles. The molecule has 0 bridgehead atoms. The van der Waals surface area contributed by atoms with Gasteiger partial charge >= 0.3 is 5.97 Å². The van der Waals surface area contributed by atoms with E-state index in [1.54, 1.807) is 35.4 Å². The number of imidazole rings is 1. The number of thioether (sulfide) groups is 1. The summed E-state index contributed by atoms with van der Waals surface area (Å²) in [7, 11) is 1.59. The Balaban J connectivity index is 1.05. The molecule has 7 aromatic rings. The maximum Gasteiger partial charge on any atom is 0.321 e.